The topological polar surface area (TPSA) is 29.9 Å². The summed E-state index contributed by atoms with van der Waals surface area (Å²) >= 11 is 0. The van der Waals surface area contributed by atoms with E-state index >= 15 is 0 Å². The number of rotatable bonds is 2. The summed E-state index contributed by atoms with van der Waals surface area (Å²) in [4.78, 5) is 0. The van der Waals surface area contributed by atoms with E-state index in [1.54, 1.807) is 5.57 Å². The van der Waals surface area contributed by atoms with Gasteiger partial charge in [0, 0.05) is 13.2 Å². The number of aryl methyl sites for hydroxylation is 1. The second-order valence-electron chi connectivity index (χ2n) is 3.84. The molecule has 0 amide bonds. The second kappa shape index (κ2) is 4.42. The Morgan fingerprint density at radius 3 is 2.93 bits per heavy atom. The zero-order valence-corrected chi connectivity index (χ0v) is 8.66. The minimum Gasteiger partial charge on any atom is -0.316 e. The molecular formula is C11H17N3. The predicted octanol–water partition coefficient (Wildman–Crippen LogP) is 1.27. The van der Waals surface area contributed by atoms with Crippen molar-refractivity contribution in [2.45, 2.75) is 19.3 Å². The Morgan fingerprint density at radius 1 is 1.50 bits per heavy atom. The van der Waals surface area contributed by atoms with Crippen molar-refractivity contribution in [2.75, 3.05) is 13.1 Å². The van der Waals surface area contributed by atoms with Crippen molar-refractivity contribution in [2.24, 2.45) is 7.05 Å². The molecule has 0 spiro atoms. The summed E-state index contributed by atoms with van der Waals surface area (Å²) < 4.78 is 1.86. The number of nitrogens with zero attached hydrogens (tertiary/aromatic N) is 2. The Labute approximate surface area is 84.8 Å². The van der Waals surface area contributed by atoms with E-state index in [4.69, 9.17) is 0 Å². The minimum atomic E-state index is 1.03. The van der Waals surface area contributed by atoms with Crippen LogP contribution in [0.4, 0.5) is 0 Å². The molecule has 14 heavy (non-hydrogen) atoms. The van der Waals surface area contributed by atoms with E-state index in [2.05, 4.69) is 22.7 Å². The van der Waals surface area contributed by atoms with Crippen LogP contribution < -0.4 is 5.32 Å². The molecule has 1 aliphatic rings. The molecule has 0 saturated carbocycles. The molecule has 0 aliphatic carbocycles. The van der Waals surface area contributed by atoms with E-state index < -0.39 is 0 Å². The van der Waals surface area contributed by atoms with E-state index in [0.29, 0.717) is 0 Å². The first kappa shape index (κ1) is 9.46. The molecule has 0 bridgehead atoms. The lowest BCUT2D eigenvalue weighted by Crippen LogP contribution is -2.23. The Kier molecular flexibility index (Phi) is 2.99. The summed E-state index contributed by atoms with van der Waals surface area (Å²) in [5.41, 5.74) is 2.89. The first-order valence-electron chi connectivity index (χ1n) is 5.21. The predicted molar refractivity (Wildman–Crippen MR) is 57.1 cm³/mol. The average Bonchev–Trinajstić information content (AvgIpc) is 2.63. The fraction of sp³-hybridized carbons (Fsp3) is 0.545. The lowest BCUT2D eigenvalue weighted by molar-refractivity contribution is 0.608. The van der Waals surface area contributed by atoms with Crippen LogP contribution in [0.5, 0.6) is 0 Å². The highest BCUT2D eigenvalue weighted by molar-refractivity contribution is 5.14. The van der Waals surface area contributed by atoms with Crippen molar-refractivity contribution in [1.29, 1.82) is 0 Å². The largest absolute Gasteiger partial charge is 0.316 e. The first-order valence-corrected chi connectivity index (χ1v) is 5.21. The van der Waals surface area contributed by atoms with Gasteiger partial charge in [0.15, 0.2) is 0 Å². The molecule has 2 heterocycles. The molecule has 0 atom stereocenters. The third kappa shape index (κ3) is 2.45. The molecular weight excluding hydrogens is 174 g/mol. The zero-order valence-electron chi connectivity index (χ0n) is 8.66. The highest BCUT2D eigenvalue weighted by Gasteiger charge is 2.03. The summed E-state index contributed by atoms with van der Waals surface area (Å²) in [6.07, 6.45) is 9.83. The standard InChI is InChI=1S/C11H17N3/c1-14-9-11(8-13-14)3-2-10-4-6-12-7-5-10/h2,8-9,12H,3-7H2,1H3. The molecule has 1 aromatic heterocycles. The van der Waals surface area contributed by atoms with Crippen LogP contribution in [-0.4, -0.2) is 22.9 Å². The maximum Gasteiger partial charge on any atom is 0.0524 e. The van der Waals surface area contributed by atoms with E-state index in [9.17, 15) is 0 Å². The fourth-order valence-corrected chi connectivity index (χ4v) is 1.79. The third-order valence-corrected chi connectivity index (χ3v) is 2.63. The normalized spacial score (nSPS) is 17.1. The highest BCUT2D eigenvalue weighted by Crippen LogP contribution is 2.11. The van der Waals surface area contributed by atoms with Gasteiger partial charge < -0.3 is 5.32 Å². The van der Waals surface area contributed by atoms with Crippen LogP contribution in [0.15, 0.2) is 24.0 Å². The summed E-state index contributed by atoms with van der Waals surface area (Å²) in [5, 5.41) is 7.52. The molecule has 0 unspecified atom stereocenters. The van der Waals surface area contributed by atoms with Crippen LogP contribution in [0.25, 0.3) is 0 Å². The minimum absolute atomic E-state index is 1.03. The summed E-state index contributed by atoms with van der Waals surface area (Å²) in [7, 11) is 1.96. The van der Waals surface area contributed by atoms with E-state index in [1.807, 2.05) is 17.9 Å². The SMILES string of the molecule is Cn1cc(CC=C2CCNCC2)cn1. The number of nitrogens with one attached hydrogen (secondary N) is 1. The third-order valence-electron chi connectivity index (χ3n) is 2.63. The maximum atomic E-state index is 4.16. The van der Waals surface area contributed by atoms with Crippen molar-refractivity contribution in [3.05, 3.63) is 29.6 Å². The number of hydrogen-bond acceptors (Lipinski definition) is 2. The fourth-order valence-electron chi connectivity index (χ4n) is 1.79. The van der Waals surface area contributed by atoms with Gasteiger partial charge in [-0.3, -0.25) is 4.68 Å². The van der Waals surface area contributed by atoms with Crippen LogP contribution in [0.1, 0.15) is 18.4 Å². The van der Waals surface area contributed by atoms with Gasteiger partial charge in [0.2, 0.25) is 0 Å². The lowest BCUT2D eigenvalue weighted by atomic mass is 10.0. The van der Waals surface area contributed by atoms with Gasteiger partial charge >= 0.3 is 0 Å². The zero-order chi connectivity index (χ0) is 9.80. The van der Waals surface area contributed by atoms with Crippen LogP contribution >= 0.6 is 0 Å². The molecule has 1 fully saturated rings. The van der Waals surface area contributed by atoms with Crippen molar-refractivity contribution in [1.82, 2.24) is 15.1 Å². The molecule has 1 saturated heterocycles. The maximum absolute atomic E-state index is 4.16. The molecule has 3 heteroatoms. The molecule has 2 rings (SSSR count). The van der Waals surface area contributed by atoms with E-state index in [-0.39, 0.29) is 0 Å². The number of hydrogen-bond donors (Lipinski definition) is 1. The Balaban J connectivity index is 1.91. The Bertz CT molecular complexity index is 317. The van der Waals surface area contributed by atoms with Gasteiger partial charge in [-0.1, -0.05) is 11.6 Å². The van der Waals surface area contributed by atoms with Crippen LogP contribution in [0, 0.1) is 0 Å². The second-order valence-corrected chi connectivity index (χ2v) is 3.84. The monoisotopic (exact) mass is 191 g/mol. The van der Waals surface area contributed by atoms with E-state index in [1.165, 1.54) is 18.4 Å². The van der Waals surface area contributed by atoms with Gasteiger partial charge in [-0.05, 0) is 37.9 Å². The van der Waals surface area contributed by atoms with Gasteiger partial charge in [0.25, 0.3) is 0 Å². The van der Waals surface area contributed by atoms with Crippen molar-refractivity contribution < 1.29 is 0 Å². The molecule has 1 aliphatic heterocycles. The van der Waals surface area contributed by atoms with Gasteiger partial charge in [0.05, 0.1) is 6.20 Å². The van der Waals surface area contributed by atoms with E-state index in [0.717, 1.165) is 19.5 Å². The lowest BCUT2D eigenvalue weighted by Gasteiger charge is -2.14. The molecule has 3 nitrogen and oxygen atoms in total. The smallest absolute Gasteiger partial charge is 0.0524 e. The summed E-state index contributed by atoms with van der Waals surface area (Å²) in [6.45, 7) is 2.28. The Hall–Kier alpha value is -1.09. The molecule has 1 N–H and O–H groups in total. The first-order chi connectivity index (χ1) is 6.84. The van der Waals surface area contributed by atoms with Crippen molar-refractivity contribution in [3.63, 3.8) is 0 Å². The van der Waals surface area contributed by atoms with Gasteiger partial charge in [-0.15, -0.1) is 0 Å². The summed E-state index contributed by atoms with van der Waals surface area (Å²) in [5.74, 6) is 0. The molecule has 0 radical (unpaired) electrons. The van der Waals surface area contributed by atoms with Crippen LogP contribution in [0.2, 0.25) is 0 Å². The number of allylic oxidation sites excluding steroid dienone is 1. The molecule has 1 aromatic rings. The average molecular weight is 191 g/mol. The van der Waals surface area contributed by atoms with Crippen molar-refractivity contribution >= 4 is 0 Å². The van der Waals surface area contributed by atoms with Crippen LogP contribution in [-0.2, 0) is 13.5 Å². The van der Waals surface area contributed by atoms with Crippen molar-refractivity contribution in [3.8, 4) is 0 Å². The van der Waals surface area contributed by atoms with Gasteiger partial charge in [-0.2, -0.15) is 5.10 Å². The van der Waals surface area contributed by atoms with Gasteiger partial charge in [0.1, 0.15) is 0 Å². The number of aromatic nitrogens is 2. The Morgan fingerprint density at radius 2 is 2.29 bits per heavy atom. The summed E-state index contributed by atoms with van der Waals surface area (Å²) in [6, 6.07) is 0. The van der Waals surface area contributed by atoms with Gasteiger partial charge in [-0.25, -0.2) is 0 Å². The molecule has 0 aromatic carbocycles. The molecule has 76 valence electrons. The van der Waals surface area contributed by atoms with Crippen LogP contribution in [0.3, 0.4) is 0 Å². The highest BCUT2D eigenvalue weighted by atomic mass is 15.2. The quantitative estimate of drug-likeness (QED) is 0.713. The number of piperidine rings is 1.